The van der Waals surface area contributed by atoms with E-state index in [4.69, 9.17) is 10.5 Å². The highest BCUT2D eigenvalue weighted by Crippen LogP contribution is 2.23. The molecule has 84 valence electrons. The van der Waals surface area contributed by atoms with Crippen LogP contribution in [-0.4, -0.2) is 32.8 Å². The molecule has 0 amide bonds. The van der Waals surface area contributed by atoms with Gasteiger partial charge in [0.2, 0.25) is 5.95 Å². The summed E-state index contributed by atoms with van der Waals surface area (Å²) in [6.45, 7) is 1.34. The van der Waals surface area contributed by atoms with Gasteiger partial charge in [0, 0.05) is 12.5 Å². The number of nitrogen functional groups attached to an aromatic ring is 1. The minimum absolute atomic E-state index is 0.0932. The number of imidazole rings is 1. The molecule has 0 bridgehead atoms. The van der Waals surface area contributed by atoms with E-state index in [-0.39, 0.29) is 17.4 Å². The smallest absolute Gasteiger partial charge is 0.278 e. The van der Waals surface area contributed by atoms with Crippen molar-refractivity contribution in [3.8, 4) is 0 Å². The van der Waals surface area contributed by atoms with Crippen LogP contribution in [0.3, 0.4) is 0 Å². The lowest BCUT2D eigenvalue weighted by molar-refractivity contribution is 0.193. The highest BCUT2D eigenvalue weighted by Gasteiger charge is 2.23. The van der Waals surface area contributed by atoms with Crippen LogP contribution in [0.4, 0.5) is 5.95 Å². The van der Waals surface area contributed by atoms with E-state index < -0.39 is 0 Å². The van der Waals surface area contributed by atoms with Crippen molar-refractivity contribution >= 4 is 11.5 Å². The van der Waals surface area contributed by atoms with E-state index >= 15 is 0 Å². The number of aromatic nitrogens is 4. The van der Waals surface area contributed by atoms with Gasteiger partial charge >= 0.3 is 0 Å². The zero-order valence-electron chi connectivity index (χ0n) is 8.51. The van der Waals surface area contributed by atoms with Gasteiger partial charge in [0.05, 0.1) is 12.8 Å². The molecule has 1 atom stereocenters. The summed E-state index contributed by atoms with van der Waals surface area (Å²) >= 11 is 0. The summed E-state index contributed by atoms with van der Waals surface area (Å²) in [4.78, 5) is 18.2. The van der Waals surface area contributed by atoms with Gasteiger partial charge < -0.3 is 10.5 Å². The van der Waals surface area contributed by atoms with E-state index in [9.17, 15) is 4.79 Å². The molecule has 0 radical (unpaired) electrons. The Bertz CT molecular complexity index is 581. The first-order valence-electron chi connectivity index (χ1n) is 5.07. The fourth-order valence-corrected chi connectivity index (χ4v) is 1.95. The summed E-state index contributed by atoms with van der Waals surface area (Å²) in [6, 6.07) is 0. The van der Waals surface area contributed by atoms with Crippen LogP contribution in [0.5, 0.6) is 0 Å². The summed E-state index contributed by atoms with van der Waals surface area (Å²) in [5.74, 6) is 1.03. The van der Waals surface area contributed by atoms with Gasteiger partial charge in [-0.3, -0.25) is 9.78 Å². The molecule has 3 rings (SSSR count). The van der Waals surface area contributed by atoms with Gasteiger partial charge in [-0.1, -0.05) is 0 Å². The Kier molecular flexibility index (Phi) is 1.93. The maximum Gasteiger partial charge on any atom is 0.278 e. The van der Waals surface area contributed by atoms with E-state index in [2.05, 4.69) is 15.1 Å². The quantitative estimate of drug-likeness (QED) is 0.676. The van der Waals surface area contributed by atoms with Gasteiger partial charge in [-0.15, -0.1) is 5.10 Å². The lowest BCUT2D eigenvalue weighted by Gasteiger charge is -2.05. The van der Waals surface area contributed by atoms with Gasteiger partial charge in [0.1, 0.15) is 5.82 Å². The van der Waals surface area contributed by atoms with Gasteiger partial charge in [-0.05, 0) is 6.42 Å². The van der Waals surface area contributed by atoms with Crippen LogP contribution in [0.15, 0.2) is 11.0 Å². The number of hydrogen-bond acceptors (Lipinski definition) is 5. The number of hydrogen-bond donors (Lipinski definition) is 2. The minimum atomic E-state index is -0.273. The Labute approximate surface area is 90.2 Å². The molecular weight excluding hydrogens is 210 g/mol. The van der Waals surface area contributed by atoms with Gasteiger partial charge in [-0.25, -0.2) is 9.50 Å². The van der Waals surface area contributed by atoms with Crippen LogP contribution in [0.25, 0.3) is 5.52 Å². The minimum Gasteiger partial charge on any atom is -0.381 e. The third-order valence-electron chi connectivity index (χ3n) is 2.74. The third kappa shape index (κ3) is 1.28. The fraction of sp³-hybridized carbons (Fsp3) is 0.444. The second kappa shape index (κ2) is 3.31. The Morgan fingerprint density at radius 1 is 1.62 bits per heavy atom. The van der Waals surface area contributed by atoms with Gasteiger partial charge in [0.25, 0.3) is 5.56 Å². The summed E-state index contributed by atoms with van der Waals surface area (Å²) in [5.41, 5.74) is 5.64. The van der Waals surface area contributed by atoms with Crippen molar-refractivity contribution in [2.45, 2.75) is 12.3 Å². The molecular formula is C9H11N5O2. The average Bonchev–Trinajstić information content (AvgIpc) is 2.83. The summed E-state index contributed by atoms with van der Waals surface area (Å²) < 4.78 is 6.80. The molecule has 2 aromatic rings. The Hall–Kier alpha value is -1.89. The van der Waals surface area contributed by atoms with E-state index in [1.807, 2.05) is 0 Å². The molecule has 1 unspecified atom stereocenters. The highest BCUT2D eigenvalue weighted by molar-refractivity contribution is 5.44. The Balaban J connectivity index is 2.22. The SMILES string of the molecule is Nc1nn2c(C3CCOC3)ncc2c(=O)[nH]1. The van der Waals surface area contributed by atoms with Crippen molar-refractivity contribution in [2.24, 2.45) is 0 Å². The first-order valence-corrected chi connectivity index (χ1v) is 5.07. The molecule has 3 heterocycles. The molecule has 0 spiro atoms. The van der Waals surface area contributed by atoms with E-state index in [1.165, 1.54) is 10.7 Å². The number of nitrogens with zero attached hydrogens (tertiary/aromatic N) is 3. The van der Waals surface area contributed by atoms with Crippen LogP contribution in [0, 0.1) is 0 Å². The number of rotatable bonds is 1. The van der Waals surface area contributed by atoms with Crippen molar-refractivity contribution in [1.82, 2.24) is 19.6 Å². The first-order chi connectivity index (χ1) is 7.75. The lowest BCUT2D eigenvalue weighted by atomic mass is 10.1. The molecule has 0 aromatic carbocycles. The van der Waals surface area contributed by atoms with E-state index in [0.29, 0.717) is 12.1 Å². The van der Waals surface area contributed by atoms with Crippen molar-refractivity contribution in [1.29, 1.82) is 0 Å². The van der Waals surface area contributed by atoms with Crippen LogP contribution in [0.2, 0.25) is 0 Å². The molecule has 16 heavy (non-hydrogen) atoms. The number of fused-ring (bicyclic) bond motifs is 1. The number of anilines is 1. The summed E-state index contributed by atoms with van der Waals surface area (Å²) in [5, 5.41) is 4.06. The molecule has 3 N–H and O–H groups in total. The maximum atomic E-state index is 11.6. The molecule has 7 nitrogen and oxygen atoms in total. The molecule has 1 aliphatic rings. The van der Waals surface area contributed by atoms with Crippen molar-refractivity contribution in [2.75, 3.05) is 18.9 Å². The molecule has 2 aromatic heterocycles. The normalized spacial score (nSPS) is 20.6. The monoisotopic (exact) mass is 221 g/mol. The Morgan fingerprint density at radius 3 is 3.25 bits per heavy atom. The number of nitrogens with one attached hydrogen (secondary N) is 1. The average molecular weight is 221 g/mol. The number of H-pyrrole nitrogens is 1. The largest absolute Gasteiger partial charge is 0.381 e. The molecule has 0 aliphatic carbocycles. The predicted molar refractivity (Wildman–Crippen MR) is 56.2 cm³/mol. The lowest BCUT2D eigenvalue weighted by Crippen LogP contribution is -2.17. The van der Waals surface area contributed by atoms with Gasteiger partial charge in [0.15, 0.2) is 5.52 Å². The van der Waals surface area contributed by atoms with Crippen LogP contribution < -0.4 is 11.3 Å². The van der Waals surface area contributed by atoms with Gasteiger partial charge in [-0.2, -0.15) is 0 Å². The zero-order chi connectivity index (χ0) is 11.1. The Morgan fingerprint density at radius 2 is 2.50 bits per heavy atom. The first kappa shape index (κ1) is 9.34. The fourth-order valence-electron chi connectivity index (χ4n) is 1.95. The maximum absolute atomic E-state index is 11.6. The molecule has 0 saturated carbocycles. The summed E-state index contributed by atoms with van der Waals surface area (Å²) in [6.07, 6.45) is 2.41. The molecule has 1 fully saturated rings. The number of aromatic amines is 1. The highest BCUT2D eigenvalue weighted by atomic mass is 16.5. The number of ether oxygens (including phenoxy) is 1. The molecule has 1 saturated heterocycles. The third-order valence-corrected chi connectivity index (χ3v) is 2.74. The zero-order valence-corrected chi connectivity index (χ0v) is 8.51. The van der Waals surface area contributed by atoms with E-state index in [1.54, 1.807) is 0 Å². The van der Waals surface area contributed by atoms with Crippen LogP contribution >= 0.6 is 0 Å². The van der Waals surface area contributed by atoms with Crippen molar-refractivity contribution in [3.63, 3.8) is 0 Å². The topological polar surface area (TPSA) is 98.3 Å². The number of nitrogens with two attached hydrogens (primary N) is 1. The van der Waals surface area contributed by atoms with Crippen molar-refractivity contribution in [3.05, 3.63) is 22.4 Å². The standard InChI is InChI=1S/C9H11N5O2/c10-9-12-8(15)6-3-11-7(14(6)13-9)5-1-2-16-4-5/h3,5H,1-2,4H2,(H3,10,12,13,15). The predicted octanol–water partition coefficient (Wildman–Crippen LogP) is -0.496. The summed E-state index contributed by atoms with van der Waals surface area (Å²) in [7, 11) is 0. The second-order valence-electron chi connectivity index (χ2n) is 3.81. The van der Waals surface area contributed by atoms with E-state index in [0.717, 1.165) is 18.9 Å². The second-order valence-corrected chi connectivity index (χ2v) is 3.81. The van der Waals surface area contributed by atoms with Crippen LogP contribution in [-0.2, 0) is 4.74 Å². The molecule has 1 aliphatic heterocycles. The van der Waals surface area contributed by atoms with Crippen molar-refractivity contribution < 1.29 is 4.74 Å². The molecule has 7 heteroatoms. The van der Waals surface area contributed by atoms with Crippen LogP contribution in [0.1, 0.15) is 18.2 Å².